The third kappa shape index (κ3) is 3.66. The Labute approximate surface area is 173 Å². The second-order valence-corrected chi connectivity index (χ2v) is 7.53. The summed E-state index contributed by atoms with van der Waals surface area (Å²) in [6.45, 7) is 3.62. The van der Waals surface area contributed by atoms with Gasteiger partial charge in [0, 0.05) is 23.6 Å². The fraction of sp³-hybridized carbons (Fsp3) is 0.333. The van der Waals surface area contributed by atoms with Crippen LogP contribution in [-0.4, -0.2) is 40.0 Å². The molecule has 3 aromatic heterocycles. The smallest absolute Gasteiger partial charge is 0.229 e. The van der Waals surface area contributed by atoms with Gasteiger partial charge >= 0.3 is 0 Å². The lowest BCUT2D eigenvalue weighted by Gasteiger charge is -2.15. The van der Waals surface area contributed by atoms with Crippen LogP contribution < -0.4 is 5.32 Å². The monoisotopic (exact) mass is 401 g/mol. The van der Waals surface area contributed by atoms with E-state index in [1.807, 2.05) is 36.7 Å². The molecule has 1 aliphatic rings. The van der Waals surface area contributed by atoms with Gasteiger partial charge in [-0.25, -0.2) is 9.67 Å². The minimum atomic E-state index is 0.420. The standard InChI is InChI=1S/C21H23N9/c1-2-29-27-19(26-28-29)15-9-11-17(12-10-15)24-21-22-13-16-14-23-30(20(16)25-21)18-7-5-3-4-6-8-18/h2,9-14,18H,1,3-8H2,(H,22,24,25). The zero-order valence-corrected chi connectivity index (χ0v) is 16.6. The van der Waals surface area contributed by atoms with E-state index < -0.39 is 0 Å². The Morgan fingerprint density at radius 2 is 1.83 bits per heavy atom. The maximum Gasteiger partial charge on any atom is 0.229 e. The summed E-state index contributed by atoms with van der Waals surface area (Å²) >= 11 is 0. The summed E-state index contributed by atoms with van der Waals surface area (Å²) < 4.78 is 2.09. The molecule has 1 saturated carbocycles. The van der Waals surface area contributed by atoms with Crippen molar-refractivity contribution in [2.75, 3.05) is 5.32 Å². The van der Waals surface area contributed by atoms with Crippen molar-refractivity contribution in [2.45, 2.75) is 44.6 Å². The Kier molecular flexibility index (Phi) is 4.92. The van der Waals surface area contributed by atoms with E-state index in [1.54, 1.807) is 0 Å². The van der Waals surface area contributed by atoms with Crippen LogP contribution in [0.1, 0.15) is 44.6 Å². The molecule has 0 amide bonds. The minimum absolute atomic E-state index is 0.420. The second kappa shape index (κ2) is 8.02. The molecule has 0 radical (unpaired) electrons. The predicted molar refractivity (Wildman–Crippen MR) is 115 cm³/mol. The summed E-state index contributed by atoms with van der Waals surface area (Å²) in [5.41, 5.74) is 2.65. The normalized spacial score (nSPS) is 15.2. The molecule has 0 aliphatic heterocycles. The van der Waals surface area contributed by atoms with Gasteiger partial charge in [-0.15, -0.1) is 15.0 Å². The molecular formula is C21H23N9. The van der Waals surface area contributed by atoms with Crippen molar-refractivity contribution in [1.29, 1.82) is 0 Å². The zero-order valence-electron chi connectivity index (χ0n) is 16.6. The Hall–Kier alpha value is -3.62. The van der Waals surface area contributed by atoms with Gasteiger partial charge in [0.1, 0.15) is 0 Å². The minimum Gasteiger partial charge on any atom is -0.324 e. The first-order valence-corrected chi connectivity index (χ1v) is 10.3. The van der Waals surface area contributed by atoms with Crippen LogP contribution in [0.15, 0.2) is 43.2 Å². The Morgan fingerprint density at radius 3 is 2.57 bits per heavy atom. The van der Waals surface area contributed by atoms with Crippen molar-refractivity contribution in [3.05, 3.63) is 43.2 Å². The molecule has 9 heteroatoms. The SMILES string of the molecule is C=Cn1nnc(-c2ccc(Nc3ncc4cnn(C5CCCCCC5)c4n3)cc2)n1. The molecule has 30 heavy (non-hydrogen) atoms. The Bertz CT molecular complexity index is 1150. The Morgan fingerprint density at radius 1 is 1.03 bits per heavy atom. The number of tetrazole rings is 1. The number of hydrogen-bond donors (Lipinski definition) is 1. The van der Waals surface area contributed by atoms with Gasteiger partial charge in [0.2, 0.25) is 11.8 Å². The molecule has 9 nitrogen and oxygen atoms in total. The lowest BCUT2D eigenvalue weighted by molar-refractivity contribution is 0.415. The molecule has 0 unspecified atom stereocenters. The van der Waals surface area contributed by atoms with Crippen LogP contribution in [0.3, 0.4) is 0 Å². The summed E-state index contributed by atoms with van der Waals surface area (Å²) in [5.74, 6) is 1.10. The molecule has 0 bridgehead atoms. The van der Waals surface area contributed by atoms with Crippen molar-refractivity contribution in [3.63, 3.8) is 0 Å². The van der Waals surface area contributed by atoms with Gasteiger partial charge in [-0.2, -0.15) is 10.1 Å². The number of nitrogens with one attached hydrogen (secondary N) is 1. The number of anilines is 2. The van der Waals surface area contributed by atoms with Crippen LogP contribution in [0.5, 0.6) is 0 Å². The van der Waals surface area contributed by atoms with Crippen LogP contribution in [0.25, 0.3) is 28.6 Å². The third-order valence-corrected chi connectivity index (χ3v) is 5.50. The van der Waals surface area contributed by atoms with Gasteiger partial charge in [-0.1, -0.05) is 32.3 Å². The highest BCUT2D eigenvalue weighted by atomic mass is 15.6. The topological polar surface area (TPSA) is 99.2 Å². The lowest BCUT2D eigenvalue weighted by Crippen LogP contribution is -2.11. The summed E-state index contributed by atoms with van der Waals surface area (Å²) in [6.07, 6.45) is 12.7. The van der Waals surface area contributed by atoms with Crippen LogP contribution in [0, 0.1) is 0 Å². The number of rotatable bonds is 5. The molecule has 0 atom stereocenters. The van der Waals surface area contributed by atoms with Crippen LogP contribution in [0.4, 0.5) is 11.6 Å². The molecule has 0 spiro atoms. The summed E-state index contributed by atoms with van der Waals surface area (Å²) in [5, 5.41) is 21.0. The van der Waals surface area contributed by atoms with Crippen molar-refractivity contribution in [3.8, 4) is 11.4 Å². The van der Waals surface area contributed by atoms with Crippen molar-refractivity contribution >= 4 is 28.9 Å². The number of fused-ring (bicyclic) bond motifs is 1. The average Bonchev–Trinajstić information content (AvgIpc) is 3.34. The molecule has 1 aliphatic carbocycles. The van der Waals surface area contributed by atoms with E-state index in [2.05, 4.69) is 42.1 Å². The van der Waals surface area contributed by atoms with Gasteiger partial charge in [0.15, 0.2) is 5.65 Å². The molecular weight excluding hydrogens is 378 g/mol. The zero-order chi connectivity index (χ0) is 20.3. The largest absolute Gasteiger partial charge is 0.324 e. The van der Waals surface area contributed by atoms with Gasteiger partial charge < -0.3 is 5.32 Å². The third-order valence-electron chi connectivity index (χ3n) is 5.50. The highest BCUT2D eigenvalue weighted by Gasteiger charge is 2.18. The number of benzene rings is 1. The molecule has 1 N–H and O–H groups in total. The first kappa shape index (κ1) is 18.4. The van der Waals surface area contributed by atoms with E-state index >= 15 is 0 Å². The maximum atomic E-state index is 4.76. The van der Waals surface area contributed by atoms with Crippen molar-refractivity contribution < 1.29 is 0 Å². The van der Waals surface area contributed by atoms with Crippen LogP contribution >= 0.6 is 0 Å². The fourth-order valence-electron chi connectivity index (χ4n) is 3.92. The van der Waals surface area contributed by atoms with Gasteiger partial charge in [-0.05, 0) is 42.3 Å². The quantitative estimate of drug-likeness (QED) is 0.500. The van der Waals surface area contributed by atoms with E-state index in [-0.39, 0.29) is 0 Å². The van der Waals surface area contributed by atoms with Gasteiger partial charge in [0.25, 0.3) is 0 Å². The molecule has 5 rings (SSSR count). The first-order valence-electron chi connectivity index (χ1n) is 10.3. The number of hydrogen-bond acceptors (Lipinski definition) is 7. The number of aromatic nitrogens is 8. The fourth-order valence-corrected chi connectivity index (χ4v) is 3.92. The lowest BCUT2D eigenvalue weighted by atomic mass is 10.1. The van der Waals surface area contributed by atoms with Crippen molar-refractivity contribution in [2.24, 2.45) is 0 Å². The van der Waals surface area contributed by atoms with E-state index in [9.17, 15) is 0 Å². The average molecular weight is 401 g/mol. The molecule has 0 saturated heterocycles. The molecule has 4 aromatic rings. The van der Waals surface area contributed by atoms with Crippen molar-refractivity contribution in [1.82, 2.24) is 40.0 Å². The molecule has 1 aromatic carbocycles. The van der Waals surface area contributed by atoms with Crippen LogP contribution in [-0.2, 0) is 0 Å². The van der Waals surface area contributed by atoms with E-state index in [1.165, 1.54) is 36.7 Å². The Balaban J connectivity index is 1.37. The van der Waals surface area contributed by atoms with E-state index in [4.69, 9.17) is 4.98 Å². The van der Waals surface area contributed by atoms with E-state index in [0.29, 0.717) is 17.8 Å². The van der Waals surface area contributed by atoms with Gasteiger partial charge in [-0.3, -0.25) is 0 Å². The molecule has 152 valence electrons. The summed E-state index contributed by atoms with van der Waals surface area (Å²) in [6, 6.07) is 8.17. The summed E-state index contributed by atoms with van der Waals surface area (Å²) in [7, 11) is 0. The maximum absolute atomic E-state index is 4.76. The van der Waals surface area contributed by atoms with Gasteiger partial charge in [0.05, 0.1) is 17.6 Å². The summed E-state index contributed by atoms with van der Waals surface area (Å²) in [4.78, 5) is 10.5. The first-order chi connectivity index (χ1) is 14.8. The predicted octanol–water partition coefficient (Wildman–Crippen LogP) is 4.22. The highest BCUT2D eigenvalue weighted by Crippen LogP contribution is 2.29. The van der Waals surface area contributed by atoms with E-state index in [0.717, 1.165) is 35.1 Å². The second-order valence-electron chi connectivity index (χ2n) is 7.53. The van der Waals surface area contributed by atoms with Crippen LogP contribution in [0.2, 0.25) is 0 Å². The molecule has 3 heterocycles. The number of nitrogens with zero attached hydrogens (tertiary/aromatic N) is 8. The highest BCUT2D eigenvalue weighted by molar-refractivity contribution is 5.75. The molecule has 1 fully saturated rings.